The average Bonchev–Trinajstić information content (AvgIpc) is 2.90. The Morgan fingerprint density at radius 3 is 3.12 bits per heavy atom. The molecule has 0 aliphatic heterocycles. The Labute approximate surface area is 144 Å². The average molecular weight is 346 g/mol. The lowest BCUT2D eigenvalue weighted by molar-refractivity contribution is -0.142. The zero-order valence-corrected chi connectivity index (χ0v) is 14.9. The van der Waals surface area contributed by atoms with Gasteiger partial charge in [-0.2, -0.15) is 0 Å². The molecule has 1 N–H and O–H groups in total. The number of aryl methyl sites for hydroxylation is 2. The number of hydrogen-bond acceptors (Lipinski definition) is 5. The van der Waals surface area contributed by atoms with Crippen LogP contribution in [0, 0.1) is 5.92 Å². The van der Waals surface area contributed by atoms with E-state index in [-0.39, 0.29) is 24.6 Å². The number of nitrogens with one attached hydrogen (secondary N) is 1. The summed E-state index contributed by atoms with van der Waals surface area (Å²) in [5.41, 5.74) is 1.10. The van der Waals surface area contributed by atoms with E-state index in [1.807, 2.05) is 13.0 Å². The molecule has 3 rings (SSSR count). The molecule has 2 heterocycles. The van der Waals surface area contributed by atoms with Gasteiger partial charge in [0.1, 0.15) is 17.3 Å². The van der Waals surface area contributed by atoms with Crippen LogP contribution in [0.4, 0.5) is 0 Å². The third-order valence-corrected chi connectivity index (χ3v) is 5.50. The molecule has 0 saturated carbocycles. The van der Waals surface area contributed by atoms with E-state index in [0.717, 1.165) is 29.5 Å². The Bertz CT molecular complexity index is 835. The van der Waals surface area contributed by atoms with Crippen LogP contribution in [0.1, 0.15) is 43.0 Å². The minimum atomic E-state index is -0.282. The van der Waals surface area contributed by atoms with Crippen LogP contribution in [0.25, 0.3) is 10.2 Å². The fraction of sp³-hybridized carbons (Fsp3) is 0.500. The van der Waals surface area contributed by atoms with Crippen LogP contribution in [0.15, 0.2) is 16.9 Å². The molecule has 2 aromatic heterocycles. The largest absolute Gasteiger partial charge is 0.461 e. The third kappa shape index (κ3) is 3.59. The second kappa shape index (κ2) is 7.30. The van der Waals surface area contributed by atoms with Crippen LogP contribution in [-0.4, -0.2) is 22.5 Å². The van der Waals surface area contributed by atoms with Gasteiger partial charge in [-0.15, -0.1) is 11.3 Å². The number of fused-ring (bicyclic) bond motifs is 3. The van der Waals surface area contributed by atoms with Crippen molar-refractivity contribution in [2.75, 3.05) is 6.61 Å². The third-order valence-electron chi connectivity index (χ3n) is 4.36. The maximum absolute atomic E-state index is 12.5. The quantitative estimate of drug-likeness (QED) is 0.667. The molecule has 1 atom stereocenters. The summed E-state index contributed by atoms with van der Waals surface area (Å²) < 4.78 is 5.06. The van der Waals surface area contributed by atoms with E-state index in [1.54, 1.807) is 17.4 Å². The molecular formula is C18H22N2O3S. The lowest BCUT2D eigenvalue weighted by Gasteiger charge is -2.17. The van der Waals surface area contributed by atoms with Gasteiger partial charge in [0.25, 0.3) is 5.56 Å². The molecular weight excluding hydrogens is 324 g/mol. The summed E-state index contributed by atoms with van der Waals surface area (Å²) in [6, 6.07) is 0. The first-order valence-corrected chi connectivity index (χ1v) is 9.20. The number of carbonyl (C=O) groups is 1. The van der Waals surface area contributed by atoms with Gasteiger partial charge in [0.05, 0.1) is 11.8 Å². The number of hydrogen-bond donors (Lipinski definition) is 1. The predicted octanol–water partition coefficient (Wildman–Crippen LogP) is 3.16. The van der Waals surface area contributed by atoms with Crippen LogP contribution >= 0.6 is 11.3 Å². The molecule has 0 fully saturated rings. The Morgan fingerprint density at radius 2 is 2.33 bits per heavy atom. The van der Waals surface area contributed by atoms with Crippen LogP contribution in [0.5, 0.6) is 0 Å². The Balaban J connectivity index is 1.76. The Hall–Kier alpha value is -1.95. The summed E-state index contributed by atoms with van der Waals surface area (Å²) in [4.78, 5) is 33.6. The number of allylic oxidation sites excluding steroid dienone is 1. The minimum absolute atomic E-state index is 0.0793. The van der Waals surface area contributed by atoms with E-state index in [2.05, 4.69) is 16.9 Å². The van der Waals surface area contributed by atoms with Gasteiger partial charge in [0.2, 0.25) is 0 Å². The van der Waals surface area contributed by atoms with E-state index in [9.17, 15) is 9.59 Å². The van der Waals surface area contributed by atoms with E-state index >= 15 is 0 Å². The molecule has 1 aliphatic rings. The number of esters is 1. The number of nitrogens with zero attached hydrogens (tertiary/aromatic N) is 1. The van der Waals surface area contributed by atoms with Gasteiger partial charge >= 0.3 is 5.97 Å². The van der Waals surface area contributed by atoms with Crippen molar-refractivity contribution in [3.05, 3.63) is 38.8 Å². The summed E-state index contributed by atoms with van der Waals surface area (Å²) in [6.07, 6.45) is 7.33. The minimum Gasteiger partial charge on any atom is -0.461 e. The number of H-pyrrole nitrogens is 1. The predicted molar refractivity (Wildman–Crippen MR) is 95.5 cm³/mol. The number of rotatable bonds is 5. The van der Waals surface area contributed by atoms with Gasteiger partial charge in [-0.05, 0) is 37.7 Å². The topological polar surface area (TPSA) is 72.0 Å². The summed E-state index contributed by atoms with van der Waals surface area (Å²) in [5.74, 6) is 0.938. The zero-order chi connectivity index (χ0) is 17.1. The molecule has 0 radical (unpaired) electrons. The lowest BCUT2D eigenvalue weighted by Crippen LogP contribution is -2.15. The number of aromatic nitrogens is 2. The molecule has 24 heavy (non-hydrogen) atoms. The van der Waals surface area contributed by atoms with Crippen molar-refractivity contribution in [2.45, 2.75) is 46.0 Å². The van der Waals surface area contributed by atoms with Crippen LogP contribution in [-0.2, 0) is 28.8 Å². The second-order valence-electron chi connectivity index (χ2n) is 6.30. The fourth-order valence-electron chi connectivity index (χ4n) is 3.04. The highest BCUT2D eigenvalue weighted by Gasteiger charge is 2.23. The van der Waals surface area contributed by atoms with Crippen molar-refractivity contribution in [1.29, 1.82) is 0 Å². The highest BCUT2D eigenvalue weighted by atomic mass is 32.1. The van der Waals surface area contributed by atoms with Gasteiger partial charge in [-0.3, -0.25) is 9.59 Å². The maximum Gasteiger partial charge on any atom is 0.306 e. The van der Waals surface area contributed by atoms with Crippen molar-refractivity contribution in [1.82, 2.24) is 9.97 Å². The Kier molecular flexibility index (Phi) is 5.14. The normalized spacial score (nSPS) is 17.3. The second-order valence-corrected chi connectivity index (χ2v) is 7.38. The zero-order valence-electron chi connectivity index (χ0n) is 14.1. The van der Waals surface area contributed by atoms with Crippen LogP contribution < -0.4 is 5.56 Å². The first kappa shape index (κ1) is 16.9. The van der Waals surface area contributed by atoms with Crippen molar-refractivity contribution < 1.29 is 9.53 Å². The number of aromatic amines is 1. The first-order valence-electron chi connectivity index (χ1n) is 8.38. The Morgan fingerprint density at radius 1 is 1.50 bits per heavy atom. The summed E-state index contributed by atoms with van der Waals surface area (Å²) >= 11 is 1.63. The fourth-order valence-corrected chi connectivity index (χ4v) is 4.44. The van der Waals surface area contributed by atoms with Crippen molar-refractivity contribution >= 4 is 27.5 Å². The summed E-state index contributed by atoms with van der Waals surface area (Å²) in [6.45, 7) is 4.41. The molecule has 1 aliphatic carbocycles. The molecule has 0 spiro atoms. The molecule has 128 valence electrons. The van der Waals surface area contributed by atoms with Gasteiger partial charge in [0.15, 0.2) is 0 Å². The monoisotopic (exact) mass is 346 g/mol. The smallest absolute Gasteiger partial charge is 0.306 e. The first-order chi connectivity index (χ1) is 11.6. The molecule has 6 heteroatoms. The summed E-state index contributed by atoms with van der Waals surface area (Å²) in [7, 11) is 0. The van der Waals surface area contributed by atoms with E-state index in [0.29, 0.717) is 18.2 Å². The van der Waals surface area contributed by atoms with Crippen molar-refractivity contribution in [3.8, 4) is 0 Å². The van der Waals surface area contributed by atoms with Crippen molar-refractivity contribution in [2.24, 2.45) is 5.92 Å². The highest BCUT2D eigenvalue weighted by molar-refractivity contribution is 7.18. The number of carbonyl (C=O) groups excluding carboxylic acids is 1. The highest BCUT2D eigenvalue weighted by Crippen LogP contribution is 2.35. The van der Waals surface area contributed by atoms with Crippen LogP contribution in [0.2, 0.25) is 0 Å². The van der Waals surface area contributed by atoms with Gasteiger partial charge < -0.3 is 9.72 Å². The molecule has 0 bridgehead atoms. The molecule has 2 aromatic rings. The molecule has 0 saturated heterocycles. The molecule has 5 nitrogen and oxygen atoms in total. The SMILES string of the molecule is CC=CCOC(=O)CCc1nc2sc3c(c2c(=O)[nH]1)CCC(C)C3. The maximum atomic E-state index is 12.5. The molecule has 1 unspecified atom stereocenters. The van der Waals surface area contributed by atoms with Crippen molar-refractivity contribution in [3.63, 3.8) is 0 Å². The van der Waals surface area contributed by atoms with Gasteiger partial charge in [-0.25, -0.2) is 4.98 Å². The van der Waals surface area contributed by atoms with Gasteiger partial charge in [0, 0.05) is 11.3 Å². The molecule has 0 amide bonds. The van der Waals surface area contributed by atoms with E-state index in [1.165, 1.54) is 10.4 Å². The van der Waals surface area contributed by atoms with Crippen LogP contribution in [0.3, 0.4) is 0 Å². The van der Waals surface area contributed by atoms with E-state index in [4.69, 9.17) is 4.74 Å². The van der Waals surface area contributed by atoms with Gasteiger partial charge in [-0.1, -0.05) is 19.1 Å². The van der Waals surface area contributed by atoms with E-state index < -0.39 is 0 Å². The molecule has 0 aromatic carbocycles. The standard InChI is InChI=1S/C18H22N2O3S/c1-3-4-9-23-15(21)8-7-14-19-17(22)16-12-6-5-11(2)10-13(12)24-18(16)20-14/h3-4,11H,5-10H2,1-2H3,(H,19,20,22). The lowest BCUT2D eigenvalue weighted by atomic mass is 9.89. The number of thiophene rings is 1. The summed E-state index contributed by atoms with van der Waals surface area (Å²) in [5, 5.41) is 0.751. The number of ether oxygens (including phenoxy) is 1.